The number of carbonyl (C=O) groups is 3. The predicted molar refractivity (Wildman–Crippen MR) is 176 cm³/mol. The van der Waals surface area contributed by atoms with Crippen molar-refractivity contribution in [3.63, 3.8) is 0 Å². The van der Waals surface area contributed by atoms with Crippen LogP contribution in [0.1, 0.15) is 31.8 Å². The van der Waals surface area contributed by atoms with Crippen molar-refractivity contribution in [2.24, 2.45) is 5.10 Å². The topological polar surface area (TPSA) is 128 Å². The Balaban J connectivity index is 1.54. The van der Waals surface area contributed by atoms with Crippen molar-refractivity contribution in [2.45, 2.75) is 0 Å². The highest BCUT2D eigenvalue weighted by molar-refractivity contribution is 6.05. The van der Waals surface area contributed by atoms with Crippen LogP contribution < -0.4 is 34.6 Å². The smallest absolute Gasteiger partial charge is 0.343 e. The highest BCUT2D eigenvalue weighted by atomic mass is 16.5. The first-order valence-corrected chi connectivity index (χ1v) is 14.0. The van der Waals surface area contributed by atoms with E-state index in [4.69, 9.17) is 18.9 Å². The van der Waals surface area contributed by atoms with E-state index in [2.05, 4.69) is 15.8 Å². The Labute approximate surface area is 267 Å². The fourth-order valence-corrected chi connectivity index (χ4v) is 4.24. The number of methoxy groups -OCH3 is 3. The van der Waals surface area contributed by atoms with Crippen LogP contribution in [0.3, 0.4) is 0 Å². The molecule has 0 spiro atoms. The number of nitrogens with zero attached hydrogens (tertiary/aromatic N) is 2. The van der Waals surface area contributed by atoms with Gasteiger partial charge in [-0.3, -0.25) is 9.59 Å². The van der Waals surface area contributed by atoms with Gasteiger partial charge in [0, 0.05) is 30.9 Å². The number of hydrazone groups is 1. The van der Waals surface area contributed by atoms with Crippen molar-refractivity contribution in [1.82, 2.24) is 10.7 Å². The number of hydrogen-bond donors (Lipinski definition) is 2. The maximum atomic E-state index is 13.3. The molecule has 0 aliphatic heterocycles. The van der Waals surface area contributed by atoms with E-state index in [9.17, 15) is 14.4 Å². The third-order valence-corrected chi connectivity index (χ3v) is 6.64. The average Bonchev–Trinajstić information content (AvgIpc) is 3.08. The van der Waals surface area contributed by atoms with E-state index in [0.29, 0.717) is 33.9 Å². The SMILES string of the molecule is COc1cc(C(=O)Oc2ccccc2/C=N/NC(=O)/C(=C/c2ccc(N(C)C)cc2)NC(=O)c2ccccc2)cc(OC)c1OC. The molecule has 0 radical (unpaired) electrons. The van der Waals surface area contributed by atoms with E-state index in [1.54, 1.807) is 60.7 Å². The fraction of sp³-hybridized carbons (Fsp3) is 0.143. The van der Waals surface area contributed by atoms with Gasteiger partial charge in [0.15, 0.2) is 11.5 Å². The molecule has 4 aromatic carbocycles. The normalized spacial score (nSPS) is 11.0. The number of hydrogen-bond acceptors (Lipinski definition) is 9. The lowest BCUT2D eigenvalue weighted by atomic mass is 10.1. The lowest BCUT2D eigenvalue weighted by Crippen LogP contribution is -2.32. The molecule has 0 aliphatic carbocycles. The quantitative estimate of drug-likeness (QED) is 0.0750. The van der Waals surface area contributed by atoms with E-state index < -0.39 is 17.8 Å². The first-order valence-electron chi connectivity index (χ1n) is 14.0. The third kappa shape index (κ3) is 8.29. The van der Waals surface area contributed by atoms with Crippen LogP contribution in [0.2, 0.25) is 0 Å². The minimum atomic E-state index is -0.682. The summed E-state index contributed by atoms with van der Waals surface area (Å²) in [5.74, 6) is -0.689. The number of ether oxygens (including phenoxy) is 4. The number of nitrogens with one attached hydrogen (secondary N) is 2. The van der Waals surface area contributed by atoms with Gasteiger partial charge < -0.3 is 29.2 Å². The molecule has 0 aliphatic rings. The Morgan fingerprint density at radius 1 is 0.739 bits per heavy atom. The summed E-state index contributed by atoms with van der Waals surface area (Å²) in [5, 5.41) is 6.75. The molecule has 0 unspecified atom stereocenters. The van der Waals surface area contributed by atoms with E-state index in [-0.39, 0.29) is 17.0 Å². The summed E-state index contributed by atoms with van der Waals surface area (Å²) < 4.78 is 21.6. The van der Waals surface area contributed by atoms with Crippen LogP contribution in [0.4, 0.5) is 5.69 Å². The van der Waals surface area contributed by atoms with Gasteiger partial charge in [-0.15, -0.1) is 0 Å². The summed E-state index contributed by atoms with van der Waals surface area (Å²) in [7, 11) is 8.20. The molecule has 236 valence electrons. The summed E-state index contributed by atoms with van der Waals surface area (Å²) in [5.41, 5.74) is 5.04. The minimum absolute atomic E-state index is 0.0225. The van der Waals surface area contributed by atoms with Gasteiger partial charge >= 0.3 is 5.97 Å². The summed E-state index contributed by atoms with van der Waals surface area (Å²) in [6.45, 7) is 0. The Bertz CT molecular complexity index is 1730. The van der Waals surface area contributed by atoms with Crippen molar-refractivity contribution in [2.75, 3.05) is 40.3 Å². The molecule has 0 bridgehead atoms. The highest BCUT2D eigenvalue weighted by Gasteiger charge is 2.19. The largest absolute Gasteiger partial charge is 0.493 e. The summed E-state index contributed by atoms with van der Waals surface area (Å²) >= 11 is 0. The van der Waals surface area contributed by atoms with Gasteiger partial charge in [-0.05, 0) is 60.2 Å². The monoisotopic (exact) mass is 622 g/mol. The van der Waals surface area contributed by atoms with Crippen LogP contribution in [-0.2, 0) is 4.79 Å². The third-order valence-electron chi connectivity index (χ3n) is 6.64. The van der Waals surface area contributed by atoms with Crippen molar-refractivity contribution in [3.05, 3.63) is 119 Å². The molecular formula is C35H34N4O7. The number of amides is 2. The molecular weight excluding hydrogens is 588 g/mol. The second kappa shape index (κ2) is 15.6. The number of anilines is 1. The number of esters is 1. The summed E-state index contributed by atoms with van der Waals surface area (Å²) in [4.78, 5) is 41.2. The first-order chi connectivity index (χ1) is 22.2. The molecule has 2 N–H and O–H groups in total. The van der Waals surface area contributed by atoms with Crippen molar-refractivity contribution >= 4 is 35.8 Å². The second-order valence-corrected chi connectivity index (χ2v) is 9.90. The van der Waals surface area contributed by atoms with Crippen molar-refractivity contribution < 1.29 is 33.3 Å². The van der Waals surface area contributed by atoms with Crippen LogP contribution >= 0.6 is 0 Å². The van der Waals surface area contributed by atoms with Gasteiger partial charge in [0.05, 0.1) is 33.1 Å². The molecule has 46 heavy (non-hydrogen) atoms. The minimum Gasteiger partial charge on any atom is -0.493 e. The second-order valence-electron chi connectivity index (χ2n) is 9.90. The molecule has 11 nitrogen and oxygen atoms in total. The fourth-order valence-electron chi connectivity index (χ4n) is 4.24. The molecule has 4 aromatic rings. The zero-order valence-electron chi connectivity index (χ0n) is 26.1. The maximum Gasteiger partial charge on any atom is 0.343 e. The summed E-state index contributed by atoms with van der Waals surface area (Å²) in [6, 6.07) is 25.6. The van der Waals surface area contributed by atoms with Gasteiger partial charge in [-0.1, -0.05) is 42.5 Å². The number of para-hydroxylation sites is 1. The van der Waals surface area contributed by atoms with Crippen LogP contribution in [0.15, 0.2) is 102 Å². The van der Waals surface area contributed by atoms with E-state index in [1.807, 2.05) is 43.3 Å². The molecule has 4 rings (SSSR count). The predicted octanol–water partition coefficient (Wildman–Crippen LogP) is 4.92. The van der Waals surface area contributed by atoms with Crippen LogP contribution in [-0.4, -0.2) is 59.4 Å². The van der Waals surface area contributed by atoms with Crippen molar-refractivity contribution in [3.8, 4) is 23.0 Å². The zero-order valence-corrected chi connectivity index (χ0v) is 26.1. The maximum absolute atomic E-state index is 13.3. The molecule has 0 heterocycles. The van der Waals surface area contributed by atoms with Crippen molar-refractivity contribution in [1.29, 1.82) is 0 Å². The van der Waals surface area contributed by atoms with Crippen LogP contribution in [0.5, 0.6) is 23.0 Å². The Morgan fingerprint density at radius 2 is 1.37 bits per heavy atom. The number of rotatable bonds is 12. The van der Waals surface area contributed by atoms with Gasteiger partial charge in [-0.2, -0.15) is 5.10 Å². The number of benzene rings is 4. The van der Waals surface area contributed by atoms with Crippen LogP contribution in [0, 0.1) is 0 Å². The lowest BCUT2D eigenvalue weighted by Gasteiger charge is -2.14. The van der Waals surface area contributed by atoms with Gasteiger partial charge in [0.25, 0.3) is 11.8 Å². The molecule has 0 atom stereocenters. The highest BCUT2D eigenvalue weighted by Crippen LogP contribution is 2.38. The van der Waals surface area contributed by atoms with Gasteiger partial charge in [-0.25, -0.2) is 10.2 Å². The number of carbonyl (C=O) groups excluding carboxylic acids is 3. The van der Waals surface area contributed by atoms with Gasteiger partial charge in [0.2, 0.25) is 5.75 Å². The molecule has 0 saturated heterocycles. The first kappa shape index (κ1) is 32.8. The van der Waals surface area contributed by atoms with E-state index >= 15 is 0 Å². The van der Waals surface area contributed by atoms with Gasteiger partial charge in [0.1, 0.15) is 11.4 Å². The molecule has 0 fully saturated rings. The molecule has 0 aromatic heterocycles. The molecule has 0 saturated carbocycles. The van der Waals surface area contributed by atoms with Crippen LogP contribution in [0.25, 0.3) is 6.08 Å². The Hall–Kier alpha value is -6.10. The standard InChI is InChI=1S/C35H34N4O7/c1-39(2)27-17-15-23(16-18-27)19-28(37-33(40)24-11-7-6-8-12-24)34(41)38-36-22-25-13-9-10-14-29(25)46-35(42)26-20-30(43-3)32(45-5)31(21-26)44-4/h6-22H,1-5H3,(H,37,40)(H,38,41)/b28-19-,36-22+. The Kier molecular flexibility index (Phi) is 11.1. The Morgan fingerprint density at radius 3 is 1.98 bits per heavy atom. The average molecular weight is 623 g/mol. The zero-order chi connectivity index (χ0) is 33.1. The lowest BCUT2D eigenvalue weighted by molar-refractivity contribution is -0.117. The summed E-state index contributed by atoms with van der Waals surface area (Å²) in [6.07, 6.45) is 2.89. The van der Waals surface area contributed by atoms with E-state index in [0.717, 1.165) is 5.69 Å². The van der Waals surface area contributed by atoms with E-state index in [1.165, 1.54) is 39.7 Å². The molecule has 2 amide bonds. The molecule has 11 heteroatoms.